The summed E-state index contributed by atoms with van der Waals surface area (Å²) in [5, 5.41) is 12.2. The summed E-state index contributed by atoms with van der Waals surface area (Å²) in [6.07, 6.45) is 0. The number of hydrogen-bond acceptors (Lipinski definition) is 5. The molecule has 0 aliphatic heterocycles. The third-order valence-electron chi connectivity index (χ3n) is 5.13. The second-order valence-corrected chi connectivity index (χ2v) is 8.98. The average Bonchev–Trinajstić information content (AvgIpc) is 3.26. The van der Waals surface area contributed by atoms with Gasteiger partial charge in [-0.25, -0.2) is 4.39 Å². The lowest BCUT2D eigenvalue weighted by Gasteiger charge is -2.14. The summed E-state index contributed by atoms with van der Waals surface area (Å²) in [5.41, 5.74) is 4.78. The molecule has 1 amide bonds. The summed E-state index contributed by atoms with van der Waals surface area (Å²) in [5.74, 6) is 0.410. The van der Waals surface area contributed by atoms with E-state index in [1.54, 1.807) is 12.1 Å². The van der Waals surface area contributed by atoms with E-state index in [9.17, 15) is 9.18 Å². The molecule has 0 bridgehead atoms. The molecule has 1 heterocycles. The number of aromatic nitrogens is 2. The van der Waals surface area contributed by atoms with Crippen molar-refractivity contribution in [3.8, 4) is 27.4 Å². The summed E-state index contributed by atoms with van der Waals surface area (Å²) in [6.45, 7) is 6.04. The van der Waals surface area contributed by atoms with Crippen LogP contribution < -0.4 is 10.1 Å². The zero-order valence-electron chi connectivity index (χ0n) is 18.6. The predicted octanol–water partition coefficient (Wildman–Crippen LogP) is 6.46. The van der Waals surface area contributed by atoms with E-state index in [1.165, 1.54) is 23.5 Å². The van der Waals surface area contributed by atoms with Crippen LogP contribution in [0.1, 0.15) is 30.9 Å². The molecule has 0 saturated heterocycles. The first-order valence-electron chi connectivity index (χ1n) is 10.6. The van der Waals surface area contributed by atoms with Crippen molar-refractivity contribution in [3.05, 3.63) is 83.7 Å². The minimum atomic E-state index is -0.305. The lowest BCUT2D eigenvalue weighted by molar-refractivity contribution is -0.118. The zero-order chi connectivity index (χ0) is 23.4. The van der Waals surface area contributed by atoms with Crippen LogP contribution in [0.2, 0.25) is 0 Å². The molecule has 0 spiro atoms. The highest BCUT2D eigenvalue weighted by Gasteiger charge is 2.15. The van der Waals surface area contributed by atoms with Crippen LogP contribution in [0.3, 0.4) is 0 Å². The Kier molecular flexibility index (Phi) is 6.79. The number of carbonyl (C=O) groups is 1. The molecular formula is C26H24FN3O2S. The Bertz CT molecular complexity index is 1270. The number of halogens is 1. The van der Waals surface area contributed by atoms with Crippen molar-refractivity contribution < 1.29 is 13.9 Å². The maximum absolute atomic E-state index is 13.3. The second-order valence-electron chi connectivity index (χ2n) is 8.00. The smallest absolute Gasteiger partial charge is 0.264 e. The van der Waals surface area contributed by atoms with Crippen molar-refractivity contribution in [2.24, 2.45) is 0 Å². The molecule has 4 aromatic rings. The molecule has 0 radical (unpaired) electrons. The highest BCUT2D eigenvalue weighted by atomic mass is 32.1. The monoisotopic (exact) mass is 461 g/mol. The number of rotatable bonds is 7. The van der Waals surface area contributed by atoms with Crippen LogP contribution in [0.4, 0.5) is 9.52 Å². The molecule has 168 valence electrons. The van der Waals surface area contributed by atoms with Crippen molar-refractivity contribution in [3.63, 3.8) is 0 Å². The average molecular weight is 462 g/mol. The SMILES string of the molecule is Cc1ccc(C(C)C)c(OCC(=O)Nc2nnc(-c3ccccc3-c3ccc(F)cc3)s2)c1. The molecule has 0 aliphatic carbocycles. The van der Waals surface area contributed by atoms with Gasteiger partial charge in [-0.3, -0.25) is 10.1 Å². The molecule has 0 saturated carbocycles. The van der Waals surface area contributed by atoms with Crippen molar-refractivity contribution in [1.29, 1.82) is 0 Å². The lowest BCUT2D eigenvalue weighted by Crippen LogP contribution is -2.20. The van der Waals surface area contributed by atoms with Crippen molar-refractivity contribution >= 4 is 22.4 Å². The molecule has 4 rings (SSSR count). The van der Waals surface area contributed by atoms with E-state index >= 15 is 0 Å². The van der Waals surface area contributed by atoms with Crippen LogP contribution >= 0.6 is 11.3 Å². The fraction of sp³-hybridized carbons (Fsp3) is 0.192. The van der Waals surface area contributed by atoms with Gasteiger partial charge >= 0.3 is 0 Å². The summed E-state index contributed by atoms with van der Waals surface area (Å²) >= 11 is 1.27. The van der Waals surface area contributed by atoms with Gasteiger partial charge < -0.3 is 4.74 Å². The van der Waals surface area contributed by atoms with Crippen LogP contribution in [0.15, 0.2) is 66.7 Å². The van der Waals surface area contributed by atoms with E-state index in [4.69, 9.17) is 4.74 Å². The summed E-state index contributed by atoms with van der Waals surface area (Å²) in [4.78, 5) is 12.5. The van der Waals surface area contributed by atoms with Gasteiger partial charge in [0.15, 0.2) is 6.61 Å². The number of amides is 1. The molecule has 5 nitrogen and oxygen atoms in total. The van der Waals surface area contributed by atoms with Gasteiger partial charge in [-0.1, -0.05) is 73.7 Å². The van der Waals surface area contributed by atoms with E-state index in [2.05, 4.69) is 29.4 Å². The summed E-state index contributed by atoms with van der Waals surface area (Å²) in [7, 11) is 0. The topological polar surface area (TPSA) is 64.1 Å². The Balaban J connectivity index is 1.47. The molecule has 3 aromatic carbocycles. The Labute approximate surface area is 196 Å². The van der Waals surface area contributed by atoms with Gasteiger partial charge in [0.25, 0.3) is 5.91 Å². The van der Waals surface area contributed by atoms with Gasteiger partial charge in [0.05, 0.1) is 0 Å². The molecular weight excluding hydrogens is 437 g/mol. The standard InChI is InChI=1S/C26H24FN3O2S/c1-16(2)20-13-8-17(3)14-23(20)32-15-24(31)28-26-30-29-25(33-26)22-7-5-4-6-21(22)18-9-11-19(27)12-10-18/h4-14,16H,15H2,1-3H3,(H,28,30,31). The third kappa shape index (κ3) is 5.43. The van der Waals surface area contributed by atoms with E-state index in [0.717, 1.165) is 27.8 Å². The second kappa shape index (κ2) is 9.92. The van der Waals surface area contributed by atoms with E-state index in [0.29, 0.717) is 15.9 Å². The molecule has 0 atom stereocenters. The van der Waals surface area contributed by atoms with E-state index in [1.807, 2.05) is 49.4 Å². The number of aryl methyl sites for hydroxylation is 1. The van der Waals surface area contributed by atoms with Gasteiger partial charge in [0.1, 0.15) is 16.6 Å². The Morgan fingerprint density at radius 1 is 1.03 bits per heavy atom. The largest absolute Gasteiger partial charge is 0.483 e. The maximum atomic E-state index is 13.3. The minimum absolute atomic E-state index is 0.121. The van der Waals surface area contributed by atoms with Gasteiger partial charge in [-0.15, -0.1) is 10.2 Å². The molecule has 0 unspecified atom stereocenters. The van der Waals surface area contributed by atoms with Gasteiger partial charge in [0, 0.05) is 5.56 Å². The Morgan fingerprint density at radius 3 is 2.48 bits per heavy atom. The fourth-order valence-electron chi connectivity index (χ4n) is 3.48. The van der Waals surface area contributed by atoms with Gasteiger partial charge in [0.2, 0.25) is 5.13 Å². The molecule has 0 fully saturated rings. The van der Waals surface area contributed by atoms with Gasteiger partial charge in [-0.05, 0) is 53.3 Å². The zero-order valence-corrected chi connectivity index (χ0v) is 19.4. The predicted molar refractivity (Wildman–Crippen MR) is 130 cm³/mol. The number of nitrogens with zero attached hydrogens (tertiary/aromatic N) is 2. The van der Waals surface area contributed by atoms with Crippen molar-refractivity contribution in [1.82, 2.24) is 10.2 Å². The molecule has 33 heavy (non-hydrogen) atoms. The number of anilines is 1. The minimum Gasteiger partial charge on any atom is -0.483 e. The highest BCUT2D eigenvalue weighted by molar-refractivity contribution is 7.18. The maximum Gasteiger partial charge on any atom is 0.264 e. The van der Waals surface area contributed by atoms with Crippen molar-refractivity contribution in [2.45, 2.75) is 26.7 Å². The van der Waals surface area contributed by atoms with Gasteiger partial charge in [-0.2, -0.15) is 0 Å². The number of benzene rings is 3. The molecule has 0 aliphatic rings. The Hall–Kier alpha value is -3.58. The third-order valence-corrected chi connectivity index (χ3v) is 6.01. The quantitative estimate of drug-likeness (QED) is 0.343. The van der Waals surface area contributed by atoms with E-state index in [-0.39, 0.29) is 24.2 Å². The van der Waals surface area contributed by atoms with Crippen LogP contribution in [0, 0.1) is 12.7 Å². The normalized spacial score (nSPS) is 10.9. The van der Waals surface area contributed by atoms with Crippen LogP contribution in [0.25, 0.3) is 21.7 Å². The number of carbonyl (C=O) groups excluding carboxylic acids is 1. The highest BCUT2D eigenvalue weighted by Crippen LogP contribution is 2.35. The molecule has 7 heteroatoms. The van der Waals surface area contributed by atoms with Crippen LogP contribution in [-0.4, -0.2) is 22.7 Å². The molecule has 1 N–H and O–H groups in total. The first-order valence-corrected chi connectivity index (χ1v) is 11.4. The fourth-order valence-corrected chi connectivity index (χ4v) is 4.27. The van der Waals surface area contributed by atoms with Crippen molar-refractivity contribution in [2.75, 3.05) is 11.9 Å². The van der Waals surface area contributed by atoms with E-state index < -0.39 is 0 Å². The lowest BCUT2D eigenvalue weighted by atomic mass is 10.0. The number of hydrogen-bond donors (Lipinski definition) is 1. The van der Waals surface area contributed by atoms with Crippen LogP contribution in [-0.2, 0) is 4.79 Å². The first-order chi connectivity index (χ1) is 15.9. The van der Waals surface area contributed by atoms with Crippen LogP contribution in [0.5, 0.6) is 5.75 Å². The Morgan fingerprint density at radius 2 is 1.76 bits per heavy atom. The summed E-state index contributed by atoms with van der Waals surface area (Å²) in [6, 6.07) is 20.0. The summed E-state index contributed by atoms with van der Waals surface area (Å²) < 4.78 is 19.1. The number of nitrogens with one attached hydrogen (secondary N) is 1. The molecule has 1 aromatic heterocycles. The number of ether oxygens (including phenoxy) is 1. The first kappa shape index (κ1) is 22.6.